The molecule has 1 atom stereocenters. The largest absolute Gasteiger partial charge is 0.496 e. The Balaban J connectivity index is 2.19. The van der Waals surface area contributed by atoms with Gasteiger partial charge in [0.05, 0.1) is 7.11 Å². The van der Waals surface area contributed by atoms with Crippen molar-refractivity contribution in [3.05, 3.63) is 29.3 Å². The number of likely N-dealkylation sites (tertiary alicyclic amines) is 1. The average molecular weight is 290 g/mol. The van der Waals surface area contributed by atoms with Crippen molar-refractivity contribution in [2.75, 3.05) is 27.2 Å². The third kappa shape index (κ3) is 4.05. The quantitative estimate of drug-likeness (QED) is 0.817. The van der Waals surface area contributed by atoms with Crippen LogP contribution in [0.15, 0.2) is 18.2 Å². The lowest BCUT2D eigenvalue weighted by Crippen LogP contribution is -2.44. The Morgan fingerprint density at radius 1 is 1.43 bits per heavy atom. The lowest BCUT2D eigenvalue weighted by Gasteiger charge is -2.36. The van der Waals surface area contributed by atoms with Gasteiger partial charge in [-0.2, -0.15) is 0 Å². The van der Waals surface area contributed by atoms with Crippen LogP contribution in [0, 0.1) is 0 Å². The van der Waals surface area contributed by atoms with Gasteiger partial charge in [-0.1, -0.05) is 6.42 Å². The van der Waals surface area contributed by atoms with Crippen molar-refractivity contribution >= 4 is 5.78 Å². The van der Waals surface area contributed by atoms with Crippen molar-refractivity contribution in [1.29, 1.82) is 0 Å². The van der Waals surface area contributed by atoms with E-state index in [1.54, 1.807) is 14.0 Å². The maximum Gasteiger partial charge on any atom is 0.159 e. The zero-order valence-electron chi connectivity index (χ0n) is 13.3. The Hall–Kier alpha value is -1.39. The standard InChI is InChI=1S/C17H26N2O2/c1-13(20)14-7-8-17(21-3)15(10-14)12-19-9-5-4-6-16(19)11-18-2/h7-8,10,16,18H,4-6,9,11-12H2,1-3H3. The molecule has 4 heteroatoms. The number of Topliss-reactive ketones (excluding diaryl/α,β-unsaturated/α-hetero) is 1. The van der Waals surface area contributed by atoms with Gasteiger partial charge in [0, 0.05) is 30.3 Å². The fraction of sp³-hybridized carbons (Fsp3) is 0.588. The Kier molecular flexibility index (Phi) is 5.76. The highest BCUT2D eigenvalue weighted by molar-refractivity contribution is 5.94. The fourth-order valence-corrected chi connectivity index (χ4v) is 3.07. The van der Waals surface area contributed by atoms with Crippen molar-refractivity contribution in [3.63, 3.8) is 0 Å². The zero-order valence-corrected chi connectivity index (χ0v) is 13.3. The predicted octanol–water partition coefficient (Wildman–Crippen LogP) is 2.47. The number of benzene rings is 1. The maximum absolute atomic E-state index is 11.6. The van der Waals surface area contributed by atoms with E-state index in [1.165, 1.54) is 19.3 Å². The average Bonchev–Trinajstić information content (AvgIpc) is 2.49. The lowest BCUT2D eigenvalue weighted by atomic mass is 10.00. The Bertz CT molecular complexity index is 486. The molecule has 1 N–H and O–H groups in total. The first kappa shape index (κ1) is 16.0. The first-order valence-electron chi connectivity index (χ1n) is 7.72. The Morgan fingerprint density at radius 3 is 2.90 bits per heavy atom. The molecule has 1 aliphatic rings. The molecule has 0 spiro atoms. The number of ketones is 1. The van der Waals surface area contributed by atoms with E-state index in [2.05, 4.69) is 10.2 Å². The summed E-state index contributed by atoms with van der Waals surface area (Å²) in [6, 6.07) is 6.29. The number of rotatable bonds is 6. The van der Waals surface area contributed by atoms with Crippen molar-refractivity contribution in [2.24, 2.45) is 0 Å². The molecule has 1 aromatic rings. The number of nitrogens with zero attached hydrogens (tertiary/aromatic N) is 1. The molecule has 1 unspecified atom stereocenters. The molecule has 21 heavy (non-hydrogen) atoms. The minimum absolute atomic E-state index is 0.101. The fourth-order valence-electron chi connectivity index (χ4n) is 3.07. The summed E-state index contributed by atoms with van der Waals surface area (Å²) in [6.07, 6.45) is 3.78. The van der Waals surface area contributed by atoms with Gasteiger partial charge in [0.1, 0.15) is 5.75 Å². The summed E-state index contributed by atoms with van der Waals surface area (Å²) < 4.78 is 5.46. The molecule has 1 aromatic carbocycles. The van der Waals surface area contributed by atoms with Crippen molar-refractivity contribution in [2.45, 2.75) is 38.8 Å². The van der Waals surface area contributed by atoms with E-state index >= 15 is 0 Å². The number of hydrogen-bond acceptors (Lipinski definition) is 4. The summed E-state index contributed by atoms with van der Waals surface area (Å²) in [4.78, 5) is 14.1. The summed E-state index contributed by atoms with van der Waals surface area (Å²) in [7, 11) is 3.69. The molecule has 0 bridgehead atoms. The van der Waals surface area contributed by atoms with Crippen LogP contribution in [0.4, 0.5) is 0 Å². The number of carbonyl (C=O) groups excluding carboxylic acids is 1. The Labute approximate surface area is 127 Å². The first-order valence-corrected chi connectivity index (χ1v) is 7.72. The molecule has 4 nitrogen and oxygen atoms in total. The number of nitrogens with one attached hydrogen (secondary N) is 1. The van der Waals surface area contributed by atoms with Gasteiger partial charge in [0.15, 0.2) is 5.78 Å². The van der Waals surface area contributed by atoms with E-state index in [4.69, 9.17) is 4.74 Å². The zero-order chi connectivity index (χ0) is 15.2. The highest BCUT2D eigenvalue weighted by Crippen LogP contribution is 2.25. The van der Waals surface area contributed by atoms with Gasteiger partial charge < -0.3 is 10.1 Å². The number of methoxy groups -OCH3 is 1. The van der Waals surface area contributed by atoms with Gasteiger partial charge in [-0.25, -0.2) is 0 Å². The van der Waals surface area contributed by atoms with Crippen LogP contribution < -0.4 is 10.1 Å². The molecule has 0 amide bonds. The van der Waals surface area contributed by atoms with Crippen molar-refractivity contribution in [3.8, 4) is 5.75 Å². The minimum Gasteiger partial charge on any atom is -0.496 e. The molecule has 2 rings (SSSR count). The SMILES string of the molecule is CNCC1CCCCN1Cc1cc(C(C)=O)ccc1OC. The van der Waals surface area contributed by atoms with E-state index in [9.17, 15) is 4.79 Å². The van der Waals surface area contributed by atoms with E-state index in [1.807, 2.05) is 25.2 Å². The molecule has 0 aromatic heterocycles. The summed E-state index contributed by atoms with van der Waals surface area (Å²) in [5.41, 5.74) is 1.86. The molecule has 1 fully saturated rings. The summed E-state index contributed by atoms with van der Waals surface area (Å²) in [5, 5.41) is 3.28. The summed E-state index contributed by atoms with van der Waals surface area (Å²) in [6.45, 7) is 4.57. The molecule has 1 saturated heterocycles. The van der Waals surface area contributed by atoms with E-state index in [0.717, 1.165) is 36.5 Å². The van der Waals surface area contributed by atoms with Gasteiger partial charge >= 0.3 is 0 Å². The smallest absolute Gasteiger partial charge is 0.159 e. The molecular formula is C17H26N2O2. The Morgan fingerprint density at radius 2 is 2.24 bits per heavy atom. The van der Waals surface area contributed by atoms with Crippen LogP contribution in [0.1, 0.15) is 42.1 Å². The number of hydrogen-bond donors (Lipinski definition) is 1. The molecule has 0 saturated carbocycles. The number of likely N-dealkylation sites (N-methyl/N-ethyl adjacent to an activating group) is 1. The van der Waals surface area contributed by atoms with Gasteiger partial charge in [0.25, 0.3) is 0 Å². The number of carbonyl (C=O) groups is 1. The summed E-state index contributed by atoms with van der Waals surface area (Å²) >= 11 is 0. The number of piperidine rings is 1. The van der Waals surface area contributed by atoms with E-state index in [0.29, 0.717) is 6.04 Å². The van der Waals surface area contributed by atoms with Crippen LogP contribution in [0.3, 0.4) is 0 Å². The van der Waals surface area contributed by atoms with Crippen LogP contribution in [0.5, 0.6) is 5.75 Å². The third-order valence-electron chi connectivity index (χ3n) is 4.25. The predicted molar refractivity (Wildman–Crippen MR) is 85.0 cm³/mol. The second kappa shape index (κ2) is 7.57. The molecular weight excluding hydrogens is 264 g/mol. The number of ether oxygens (including phenoxy) is 1. The van der Waals surface area contributed by atoms with Gasteiger partial charge in [-0.3, -0.25) is 9.69 Å². The lowest BCUT2D eigenvalue weighted by molar-refractivity contribution is 0.101. The van der Waals surface area contributed by atoms with Gasteiger partial charge in [-0.15, -0.1) is 0 Å². The van der Waals surface area contributed by atoms with Crippen molar-refractivity contribution < 1.29 is 9.53 Å². The van der Waals surface area contributed by atoms with E-state index in [-0.39, 0.29) is 5.78 Å². The monoisotopic (exact) mass is 290 g/mol. The van der Waals surface area contributed by atoms with Crippen LogP contribution in [0.2, 0.25) is 0 Å². The molecule has 1 heterocycles. The molecule has 0 aliphatic carbocycles. The van der Waals surface area contributed by atoms with Crippen LogP contribution in [-0.4, -0.2) is 44.0 Å². The van der Waals surface area contributed by atoms with Gasteiger partial charge in [-0.05, 0) is 51.6 Å². The third-order valence-corrected chi connectivity index (χ3v) is 4.25. The molecule has 116 valence electrons. The van der Waals surface area contributed by atoms with Crippen LogP contribution in [-0.2, 0) is 6.54 Å². The highest BCUT2D eigenvalue weighted by atomic mass is 16.5. The minimum atomic E-state index is 0.101. The van der Waals surface area contributed by atoms with E-state index < -0.39 is 0 Å². The molecule has 0 radical (unpaired) electrons. The topological polar surface area (TPSA) is 41.6 Å². The maximum atomic E-state index is 11.6. The highest BCUT2D eigenvalue weighted by Gasteiger charge is 2.23. The first-order chi connectivity index (χ1) is 10.2. The molecule has 1 aliphatic heterocycles. The second-order valence-corrected chi connectivity index (χ2v) is 5.76. The normalized spacial score (nSPS) is 19.5. The second-order valence-electron chi connectivity index (χ2n) is 5.76. The summed E-state index contributed by atoms with van der Waals surface area (Å²) in [5.74, 6) is 0.970. The van der Waals surface area contributed by atoms with Crippen molar-refractivity contribution in [1.82, 2.24) is 10.2 Å². The van der Waals surface area contributed by atoms with Crippen LogP contribution in [0.25, 0.3) is 0 Å². The van der Waals surface area contributed by atoms with Gasteiger partial charge in [0.2, 0.25) is 0 Å². The van der Waals surface area contributed by atoms with Crippen LogP contribution >= 0.6 is 0 Å².